The van der Waals surface area contributed by atoms with Gasteiger partial charge in [-0.1, -0.05) is 10.2 Å². The van der Waals surface area contributed by atoms with Gasteiger partial charge in [0.05, 0.1) is 13.5 Å². The van der Waals surface area contributed by atoms with Gasteiger partial charge < -0.3 is 15.8 Å². The van der Waals surface area contributed by atoms with E-state index >= 15 is 0 Å². The Hall–Kier alpha value is -2.48. The van der Waals surface area contributed by atoms with Crippen molar-refractivity contribution in [1.29, 1.82) is 0 Å². The lowest BCUT2D eigenvalue weighted by Crippen LogP contribution is -2.41. The summed E-state index contributed by atoms with van der Waals surface area (Å²) in [7, 11) is 1.21. The van der Waals surface area contributed by atoms with Crippen molar-refractivity contribution in [1.82, 2.24) is 5.32 Å². The molecule has 11 heteroatoms. The van der Waals surface area contributed by atoms with Crippen LogP contribution in [0.2, 0.25) is 0 Å². The standard InChI is InChI=1S/C9H16N8O3/c1-20-9(19)3-7(5-14-17-12)15-8(18)2-6(10)4-13-16-11/h6-7H,2-5,10H2,1H3,(H,15,18)/t6-,7-/m0/s1. The van der Waals surface area contributed by atoms with Crippen LogP contribution in [0.5, 0.6) is 0 Å². The predicted molar refractivity (Wildman–Crippen MR) is 69.2 cm³/mol. The molecule has 0 bridgehead atoms. The minimum atomic E-state index is -0.669. The average Bonchev–Trinajstić information content (AvgIpc) is 2.42. The number of esters is 1. The van der Waals surface area contributed by atoms with E-state index in [2.05, 4.69) is 30.1 Å². The number of nitrogens with one attached hydrogen (secondary N) is 1. The number of carbonyl (C=O) groups excluding carboxylic acids is 2. The Bertz CT molecular complexity index is 427. The van der Waals surface area contributed by atoms with Gasteiger partial charge in [0.25, 0.3) is 0 Å². The molecule has 0 heterocycles. The van der Waals surface area contributed by atoms with Crippen molar-refractivity contribution in [3.8, 4) is 0 Å². The van der Waals surface area contributed by atoms with E-state index in [9.17, 15) is 9.59 Å². The molecule has 110 valence electrons. The molecule has 0 aromatic carbocycles. The van der Waals surface area contributed by atoms with Crippen LogP contribution in [-0.2, 0) is 14.3 Å². The van der Waals surface area contributed by atoms with Crippen LogP contribution in [0.1, 0.15) is 12.8 Å². The zero-order chi connectivity index (χ0) is 15.4. The van der Waals surface area contributed by atoms with Crippen molar-refractivity contribution in [3.63, 3.8) is 0 Å². The molecule has 0 saturated heterocycles. The summed E-state index contributed by atoms with van der Waals surface area (Å²) in [5.41, 5.74) is 21.9. The molecule has 0 unspecified atom stereocenters. The average molecular weight is 284 g/mol. The molecule has 2 atom stereocenters. The fraction of sp³-hybridized carbons (Fsp3) is 0.778. The number of hydrogen-bond acceptors (Lipinski definition) is 6. The number of ether oxygens (including phenoxy) is 1. The van der Waals surface area contributed by atoms with Crippen LogP contribution in [0.4, 0.5) is 0 Å². The Labute approximate surface area is 114 Å². The molecular formula is C9H16N8O3. The maximum Gasteiger partial charge on any atom is 0.307 e. The number of azide groups is 2. The molecular weight excluding hydrogens is 268 g/mol. The summed E-state index contributed by atoms with van der Waals surface area (Å²) in [6.45, 7) is -0.0924. The molecule has 3 N–H and O–H groups in total. The summed E-state index contributed by atoms with van der Waals surface area (Å²) in [6.07, 6.45) is -0.195. The second kappa shape index (κ2) is 10.4. The van der Waals surface area contributed by atoms with Crippen LogP contribution < -0.4 is 11.1 Å². The monoisotopic (exact) mass is 284 g/mol. The van der Waals surface area contributed by atoms with Crippen molar-refractivity contribution < 1.29 is 14.3 Å². The third-order valence-electron chi connectivity index (χ3n) is 2.20. The number of nitrogens with two attached hydrogens (primary N) is 1. The highest BCUT2D eigenvalue weighted by Crippen LogP contribution is 1.98. The summed E-state index contributed by atoms with van der Waals surface area (Å²) in [5, 5.41) is 9.06. The van der Waals surface area contributed by atoms with Crippen molar-refractivity contribution in [2.24, 2.45) is 16.0 Å². The van der Waals surface area contributed by atoms with Gasteiger partial charge in [0.2, 0.25) is 5.91 Å². The topological polar surface area (TPSA) is 179 Å². The largest absolute Gasteiger partial charge is 0.469 e. The first-order valence-electron chi connectivity index (χ1n) is 5.67. The van der Waals surface area contributed by atoms with E-state index in [4.69, 9.17) is 16.8 Å². The molecule has 0 saturated carbocycles. The summed E-state index contributed by atoms with van der Waals surface area (Å²) in [5.74, 6) is -0.977. The summed E-state index contributed by atoms with van der Waals surface area (Å²) in [6, 6.07) is -1.29. The molecule has 0 aliphatic rings. The quantitative estimate of drug-likeness (QED) is 0.269. The first-order valence-corrected chi connectivity index (χ1v) is 5.67. The lowest BCUT2D eigenvalue weighted by Gasteiger charge is -2.16. The van der Waals surface area contributed by atoms with Gasteiger partial charge in [-0.3, -0.25) is 9.59 Å². The number of nitrogens with zero attached hydrogens (tertiary/aromatic N) is 6. The highest BCUT2D eigenvalue weighted by atomic mass is 16.5. The minimum absolute atomic E-state index is 0.0120. The van der Waals surface area contributed by atoms with Crippen LogP contribution in [0.25, 0.3) is 20.9 Å². The molecule has 0 aliphatic carbocycles. The SMILES string of the molecule is COC(=O)C[C@@H](CN=[N+]=[N-])NC(=O)C[C@H](N)CN=[N+]=[N-]. The van der Waals surface area contributed by atoms with E-state index in [-0.39, 0.29) is 25.9 Å². The maximum absolute atomic E-state index is 11.6. The molecule has 20 heavy (non-hydrogen) atoms. The van der Waals surface area contributed by atoms with Gasteiger partial charge in [0.15, 0.2) is 0 Å². The number of amides is 1. The third-order valence-corrected chi connectivity index (χ3v) is 2.20. The second-order valence-corrected chi connectivity index (χ2v) is 3.84. The van der Waals surface area contributed by atoms with E-state index in [0.717, 1.165) is 0 Å². The molecule has 1 amide bonds. The first-order chi connectivity index (χ1) is 9.53. The maximum atomic E-state index is 11.6. The van der Waals surface area contributed by atoms with Crippen molar-refractivity contribution in [3.05, 3.63) is 20.9 Å². The Morgan fingerprint density at radius 3 is 2.40 bits per heavy atom. The van der Waals surface area contributed by atoms with Gasteiger partial charge in [0.1, 0.15) is 0 Å². The van der Waals surface area contributed by atoms with Crippen LogP contribution in [0, 0.1) is 0 Å². The Morgan fingerprint density at radius 2 is 1.85 bits per heavy atom. The third kappa shape index (κ3) is 8.59. The van der Waals surface area contributed by atoms with E-state index in [1.807, 2.05) is 0 Å². The normalized spacial score (nSPS) is 12.3. The van der Waals surface area contributed by atoms with E-state index in [1.165, 1.54) is 7.11 Å². The molecule has 0 rings (SSSR count). The Morgan fingerprint density at radius 1 is 1.25 bits per heavy atom. The zero-order valence-corrected chi connectivity index (χ0v) is 11.0. The van der Waals surface area contributed by atoms with Gasteiger partial charge in [0, 0.05) is 41.4 Å². The highest BCUT2D eigenvalue weighted by Gasteiger charge is 2.17. The second-order valence-electron chi connectivity index (χ2n) is 3.84. The van der Waals surface area contributed by atoms with Gasteiger partial charge in [-0.2, -0.15) is 0 Å². The van der Waals surface area contributed by atoms with Gasteiger partial charge in [-0.05, 0) is 11.1 Å². The van der Waals surface area contributed by atoms with Gasteiger partial charge in [-0.15, -0.1) is 0 Å². The van der Waals surface area contributed by atoms with Gasteiger partial charge in [-0.25, -0.2) is 0 Å². The van der Waals surface area contributed by atoms with E-state index in [0.29, 0.717) is 0 Å². The van der Waals surface area contributed by atoms with Crippen molar-refractivity contribution >= 4 is 11.9 Å². The van der Waals surface area contributed by atoms with E-state index < -0.39 is 24.0 Å². The molecule has 0 aromatic heterocycles. The Balaban J connectivity index is 4.39. The molecule has 11 nitrogen and oxygen atoms in total. The molecule has 0 aliphatic heterocycles. The van der Waals surface area contributed by atoms with Crippen LogP contribution in [0.15, 0.2) is 10.2 Å². The zero-order valence-electron chi connectivity index (χ0n) is 11.0. The lowest BCUT2D eigenvalue weighted by molar-refractivity contribution is -0.141. The fourth-order valence-electron chi connectivity index (χ4n) is 1.31. The first kappa shape index (κ1) is 17.5. The van der Waals surface area contributed by atoms with Crippen molar-refractivity contribution in [2.45, 2.75) is 24.9 Å². The number of hydrogen-bond donors (Lipinski definition) is 2. The number of methoxy groups -OCH3 is 1. The van der Waals surface area contributed by atoms with Gasteiger partial charge >= 0.3 is 5.97 Å². The molecule has 0 fully saturated rings. The van der Waals surface area contributed by atoms with Crippen LogP contribution in [-0.4, -0.2) is 44.2 Å². The van der Waals surface area contributed by atoms with E-state index in [1.54, 1.807) is 0 Å². The lowest BCUT2D eigenvalue weighted by atomic mass is 10.1. The number of carbonyl (C=O) groups is 2. The van der Waals surface area contributed by atoms with Crippen molar-refractivity contribution in [2.75, 3.05) is 20.2 Å². The van der Waals surface area contributed by atoms with Crippen LogP contribution >= 0.6 is 0 Å². The smallest absolute Gasteiger partial charge is 0.307 e. The molecule has 0 spiro atoms. The fourth-order valence-corrected chi connectivity index (χ4v) is 1.31. The summed E-state index contributed by atoms with van der Waals surface area (Å²) < 4.78 is 4.47. The molecule has 0 aromatic rings. The summed E-state index contributed by atoms with van der Waals surface area (Å²) >= 11 is 0. The minimum Gasteiger partial charge on any atom is -0.469 e. The highest BCUT2D eigenvalue weighted by molar-refractivity contribution is 5.78. The Kier molecular flexibility index (Phi) is 9.15. The van der Waals surface area contributed by atoms with Crippen LogP contribution in [0.3, 0.4) is 0 Å². The molecule has 0 radical (unpaired) electrons. The predicted octanol–water partition coefficient (Wildman–Crippen LogP) is 0.372. The number of rotatable bonds is 9. The summed E-state index contributed by atoms with van der Waals surface area (Å²) in [4.78, 5) is 27.9.